The lowest BCUT2D eigenvalue weighted by Crippen LogP contribution is -2.41. The summed E-state index contributed by atoms with van der Waals surface area (Å²) in [5, 5.41) is 3.06. The molecule has 1 aliphatic carbocycles. The molecule has 2 rings (SSSR count). The summed E-state index contributed by atoms with van der Waals surface area (Å²) >= 11 is 13.0. The third-order valence-corrected chi connectivity index (χ3v) is 4.82. The number of amides is 1. The van der Waals surface area contributed by atoms with Gasteiger partial charge in [-0.05, 0) is 24.8 Å². The molecule has 0 bridgehead atoms. The number of thiophene rings is 1. The maximum Gasteiger partial charge on any atom is 0.253 e. The number of hydrogen-bond donors (Lipinski definition) is 1. The molecule has 2 unspecified atom stereocenters. The van der Waals surface area contributed by atoms with Gasteiger partial charge in [-0.15, -0.1) is 11.3 Å². The molecule has 0 aromatic carbocycles. The topological polar surface area (TPSA) is 29.1 Å². The van der Waals surface area contributed by atoms with E-state index in [1.165, 1.54) is 30.6 Å². The molecule has 5 heteroatoms. The van der Waals surface area contributed by atoms with Crippen molar-refractivity contribution in [3.8, 4) is 0 Å². The Bertz CT molecular complexity index is 419. The summed E-state index contributed by atoms with van der Waals surface area (Å²) in [5.41, 5.74) is 0.499. The number of hydrogen-bond acceptors (Lipinski definition) is 2. The summed E-state index contributed by atoms with van der Waals surface area (Å²) in [4.78, 5) is 12.0. The average molecular weight is 292 g/mol. The van der Waals surface area contributed by atoms with Gasteiger partial charge >= 0.3 is 0 Å². The van der Waals surface area contributed by atoms with Crippen molar-refractivity contribution < 1.29 is 4.79 Å². The van der Waals surface area contributed by atoms with Crippen LogP contribution < -0.4 is 5.32 Å². The summed E-state index contributed by atoms with van der Waals surface area (Å²) in [7, 11) is 0. The smallest absolute Gasteiger partial charge is 0.253 e. The van der Waals surface area contributed by atoms with Crippen LogP contribution >= 0.6 is 34.5 Å². The Balaban J connectivity index is 2.03. The van der Waals surface area contributed by atoms with Gasteiger partial charge in [0.2, 0.25) is 0 Å². The minimum atomic E-state index is -0.100. The normalized spacial score (nSPS) is 24.6. The van der Waals surface area contributed by atoms with E-state index in [1.54, 1.807) is 6.07 Å². The predicted octanol–water partition coefficient (Wildman–Crippen LogP) is 4.36. The summed E-state index contributed by atoms with van der Waals surface area (Å²) in [6.45, 7) is 2.19. The lowest BCUT2D eigenvalue weighted by molar-refractivity contribution is 0.0911. The molecule has 1 heterocycles. The average Bonchev–Trinajstić information content (AvgIpc) is 2.61. The molecule has 17 heavy (non-hydrogen) atoms. The fraction of sp³-hybridized carbons (Fsp3) is 0.583. The van der Waals surface area contributed by atoms with Gasteiger partial charge in [0, 0.05) is 6.04 Å². The zero-order chi connectivity index (χ0) is 12.4. The van der Waals surface area contributed by atoms with E-state index >= 15 is 0 Å². The quantitative estimate of drug-likeness (QED) is 0.862. The first-order chi connectivity index (χ1) is 8.08. The predicted molar refractivity (Wildman–Crippen MR) is 73.2 cm³/mol. The number of halogens is 2. The van der Waals surface area contributed by atoms with E-state index in [9.17, 15) is 4.79 Å². The lowest BCUT2D eigenvalue weighted by Gasteiger charge is -2.29. The van der Waals surface area contributed by atoms with Gasteiger partial charge in [-0.2, -0.15) is 0 Å². The molecule has 1 aliphatic rings. The minimum absolute atomic E-state index is 0.100. The van der Waals surface area contributed by atoms with Crippen molar-refractivity contribution in [2.75, 3.05) is 0 Å². The molecule has 1 aromatic rings. The lowest BCUT2D eigenvalue weighted by atomic mass is 9.86. The Labute approximate surface area is 115 Å². The highest BCUT2D eigenvalue weighted by Gasteiger charge is 2.24. The Morgan fingerprint density at radius 2 is 2.12 bits per heavy atom. The monoisotopic (exact) mass is 291 g/mol. The number of carbonyl (C=O) groups excluding carboxylic acids is 1. The van der Waals surface area contributed by atoms with Crippen LogP contribution in [0.25, 0.3) is 0 Å². The summed E-state index contributed by atoms with van der Waals surface area (Å²) < 4.78 is 1.02. The SMILES string of the molecule is CC1CCCCC1NC(=O)c1cc(Cl)sc1Cl. The van der Waals surface area contributed by atoms with Crippen LogP contribution in [0.2, 0.25) is 8.67 Å². The molecular formula is C12H15Cl2NOS. The Morgan fingerprint density at radius 1 is 1.41 bits per heavy atom. The van der Waals surface area contributed by atoms with Crippen LogP contribution in [-0.2, 0) is 0 Å². The summed E-state index contributed by atoms with van der Waals surface area (Å²) in [6.07, 6.45) is 4.69. The number of carbonyl (C=O) groups is 1. The molecule has 0 saturated heterocycles. The Hall–Kier alpha value is -0.250. The first-order valence-corrected chi connectivity index (χ1v) is 7.41. The van der Waals surface area contributed by atoms with Gasteiger partial charge < -0.3 is 5.32 Å². The number of nitrogens with one attached hydrogen (secondary N) is 1. The van der Waals surface area contributed by atoms with Crippen molar-refractivity contribution in [2.24, 2.45) is 5.92 Å². The minimum Gasteiger partial charge on any atom is -0.349 e. The molecule has 1 saturated carbocycles. The van der Waals surface area contributed by atoms with Gasteiger partial charge in [-0.25, -0.2) is 0 Å². The molecule has 1 aromatic heterocycles. The van der Waals surface area contributed by atoms with Crippen LogP contribution in [0, 0.1) is 5.92 Å². The molecule has 1 N–H and O–H groups in total. The molecule has 1 amide bonds. The molecule has 1 fully saturated rings. The molecule has 94 valence electrons. The van der Waals surface area contributed by atoms with Crippen molar-refractivity contribution in [2.45, 2.75) is 38.6 Å². The highest BCUT2D eigenvalue weighted by atomic mass is 35.5. The molecule has 2 nitrogen and oxygen atoms in total. The molecule has 0 spiro atoms. The van der Waals surface area contributed by atoms with Crippen LogP contribution in [0.4, 0.5) is 0 Å². The van der Waals surface area contributed by atoms with Crippen LogP contribution in [0.3, 0.4) is 0 Å². The van der Waals surface area contributed by atoms with Gasteiger partial charge in [0.1, 0.15) is 4.34 Å². The zero-order valence-corrected chi connectivity index (χ0v) is 12.0. The van der Waals surface area contributed by atoms with Crippen molar-refractivity contribution in [3.63, 3.8) is 0 Å². The standard InChI is InChI=1S/C12H15Cl2NOS/c1-7-4-2-3-5-9(7)15-12(16)8-6-10(13)17-11(8)14/h6-7,9H,2-5H2,1H3,(H,15,16). The van der Waals surface area contributed by atoms with Crippen molar-refractivity contribution >= 4 is 40.4 Å². The third-order valence-electron chi connectivity index (χ3n) is 3.33. The number of rotatable bonds is 2. The van der Waals surface area contributed by atoms with E-state index in [1.807, 2.05) is 0 Å². The first kappa shape index (κ1) is 13.2. The first-order valence-electron chi connectivity index (χ1n) is 5.83. The van der Waals surface area contributed by atoms with Gasteiger partial charge in [0.25, 0.3) is 5.91 Å². The second kappa shape index (κ2) is 5.59. The molecule has 0 aliphatic heterocycles. The van der Waals surface area contributed by atoms with Gasteiger partial charge in [0.05, 0.1) is 9.90 Å². The van der Waals surface area contributed by atoms with Crippen LogP contribution in [0.15, 0.2) is 6.07 Å². The van der Waals surface area contributed by atoms with Crippen LogP contribution in [-0.4, -0.2) is 11.9 Å². The van der Waals surface area contributed by atoms with E-state index < -0.39 is 0 Å². The highest BCUT2D eigenvalue weighted by Crippen LogP contribution is 2.31. The third kappa shape index (κ3) is 3.15. The second-order valence-electron chi connectivity index (χ2n) is 4.58. The van der Waals surface area contributed by atoms with Crippen molar-refractivity contribution in [3.05, 3.63) is 20.3 Å². The largest absolute Gasteiger partial charge is 0.349 e. The molecule has 0 radical (unpaired) electrons. The Kier molecular flexibility index (Phi) is 4.34. The summed E-state index contributed by atoms with van der Waals surface area (Å²) in [6, 6.07) is 1.91. The van der Waals surface area contributed by atoms with E-state index in [4.69, 9.17) is 23.2 Å². The van der Waals surface area contributed by atoms with Gasteiger partial charge in [0.15, 0.2) is 0 Å². The fourth-order valence-corrected chi connectivity index (χ4v) is 3.73. The van der Waals surface area contributed by atoms with Gasteiger partial charge in [-0.1, -0.05) is 43.0 Å². The van der Waals surface area contributed by atoms with Crippen LogP contribution in [0.5, 0.6) is 0 Å². The maximum absolute atomic E-state index is 12.0. The molecular weight excluding hydrogens is 277 g/mol. The van der Waals surface area contributed by atoms with E-state index in [-0.39, 0.29) is 11.9 Å². The van der Waals surface area contributed by atoms with Gasteiger partial charge in [-0.3, -0.25) is 4.79 Å². The second-order valence-corrected chi connectivity index (χ2v) is 6.87. The Morgan fingerprint density at radius 3 is 2.71 bits per heavy atom. The maximum atomic E-state index is 12.0. The fourth-order valence-electron chi connectivity index (χ4n) is 2.27. The van der Waals surface area contributed by atoms with E-state index in [2.05, 4.69) is 12.2 Å². The molecule has 2 atom stereocenters. The van der Waals surface area contributed by atoms with E-state index in [0.717, 1.165) is 6.42 Å². The van der Waals surface area contributed by atoms with Crippen LogP contribution in [0.1, 0.15) is 43.0 Å². The van der Waals surface area contributed by atoms with Crippen molar-refractivity contribution in [1.29, 1.82) is 0 Å². The summed E-state index contributed by atoms with van der Waals surface area (Å²) in [5.74, 6) is 0.442. The zero-order valence-electron chi connectivity index (χ0n) is 9.63. The van der Waals surface area contributed by atoms with Crippen molar-refractivity contribution in [1.82, 2.24) is 5.32 Å². The highest BCUT2D eigenvalue weighted by molar-refractivity contribution is 7.20. The van der Waals surface area contributed by atoms with E-state index in [0.29, 0.717) is 20.2 Å².